The minimum atomic E-state index is -1.38. The Morgan fingerprint density at radius 2 is 1.43 bits per heavy atom. The van der Waals surface area contributed by atoms with E-state index in [9.17, 15) is 0 Å². The van der Waals surface area contributed by atoms with Gasteiger partial charge in [0.1, 0.15) is 0 Å². The largest absolute Gasteiger partial charge is 0.516 e. The van der Waals surface area contributed by atoms with Gasteiger partial charge in [0.2, 0.25) is 0 Å². The molecule has 0 aliphatic carbocycles. The van der Waals surface area contributed by atoms with E-state index in [1.165, 1.54) is 64.1 Å². The number of rotatable bonds is 8. The zero-order chi connectivity index (χ0) is 42.1. The molecule has 1 radical (unpaired) electrons. The fourth-order valence-corrected chi connectivity index (χ4v) is 11.2. The van der Waals surface area contributed by atoms with Crippen LogP contribution < -0.4 is 9.92 Å². The van der Waals surface area contributed by atoms with Gasteiger partial charge in [0.15, 0.2) is 0 Å². The number of fused-ring (bicyclic) bond motifs is 4. The topological polar surface area (TPSA) is 47.9 Å². The third kappa shape index (κ3) is 9.46. The number of ether oxygens (including phenoxy) is 1. The minimum Gasteiger partial charge on any atom is -0.516 e. The first kappa shape index (κ1) is 43.8. The number of methoxy groups -OCH3 is 1. The van der Waals surface area contributed by atoms with Crippen molar-refractivity contribution in [3.63, 3.8) is 0 Å². The van der Waals surface area contributed by atoms with Gasteiger partial charge in [0, 0.05) is 54.3 Å². The van der Waals surface area contributed by atoms with Crippen LogP contribution in [0.4, 0.5) is 0 Å². The maximum Gasteiger partial charge on any atom is 0.0798 e. The monoisotopic (exact) mass is 1010 g/mol. The molecule has 9 rings (SSSR count). The van der Waals surface area contributed by atoms with E-state index in [1.807, 2.05) is 35.7 Å². The van der Waals surface area contributed by atoms with Crippen molar-refractivity contribution in [2.45, 2.75) is 60.7 Å². The molecular weight excluding hydrogens is 959 g/mol. The summed E-state index contributed by atoms with van der Waals surface area (Å²) >= 11 is 1.85. The Bertz CT molecular complexity index is 3000. The molecule has 0 aliphatic rings. The average Bonchev–Trinajstić information content (AvgIpc) is 3.64. The number of benzene rings is 5. The molecule has 0 bridgehead atoms. The van der Waals surface area contributed by atoms with Crippen LogP contribution >= 0.6 is 11.3 Å². The Labute approximate surface area is 379 Å². The molecular formula is C54H51IrN3OSSi-2. The summed E-state index contributed by atoms with van der Waals surface area (Å²) in [5, 5.41) is 6.40. The number of hydrogen-bond donors (Lipinski definition) is 0. The molecule has 61 heavy (non-hydrogen) atoms. The normalized spacial score (nSPS) is 11.4. The Morgan fingerprint density at radius 3 is 2.16 bits per heavy atom. The van der Waals surface area contributed by atoms with Gasteiger partial charge in [0.05, 0.1) is 15.2 Å². The first-order chi connectivity index (χ1) is 28.9. The van der Waals surface area contributed by atoms with Gasteiger partial charge in [-0.05, 0) is 104 Å². The van der Waals surface area contributed by atoms with Crippen LogP contribution in [0.2, 0.25) is 19.6 Å². The number of nitrogens with zero attached hydrogens (tertiary/aromatic N) is 3. The fourth-order valence-electron chi connectivity index (χ4n) is 8.16. The second-order valence-electron chi connectivity index (χ2n) is 17.2. The quantitative estimate of drug-likeness (QED) is 0.112. The van der Waals surface area contributed by atoms with E-state index in [0.717, 1.165) is 51.5 Å². The number of aromatic nitrogens is 3. The molecule has 0 unspecified atom stereocenters. The standard InChI is InChI=1S/C35H25N2S.C19H26NOSi.Ir/c1-21-14-15-30(32-19-25-8-4-5-9-27(25)20-36-32)35-33(21)31-13-7-12-29(34(31)38-35)26-11-6-10-24(18-26)28-16-22(2)37-23(3)17-28;1-14(2)10-16-12-18(20-13-19(16)22(4,5)6)15-8-7-9-17(11-15)21-3;/h4-14,16-20H,1-3H3;7,9,11-14H,10H2,1-6H3;/q2*-1;. The molecule has 4 nitrogen and oxygen atoms in total. The molecule has 0 fully saturated rings. The average molecular weight is 1010 g/mol. The number of pyridine rings is 3. The molecule has 0 N–H and O–H groups in total. The summed E-state index contributed by atoms with van der Waals surface area (Å²) in [6.07, 6.45) is 5.16. The second-order valence-corrected chi connectivity index (χ2v) is 23.2. The molecule has 7 heteroatoms. The predicted octanol–water partition coefficient (Wildman–Crippen LogP) is 14.0. The third-order valence-electron chi connectivity index (χ3n) is 11.0. The Kier molecular flexibility index (Phi) is 13.2. The van der Waals surface area contributed by atoms with Crippen molar-refractivity contribution in [2.75, 3.05) is 7.11 Å². The van der Waals surface area contributed by atoms with Crippen molar-refractivity contribution in [1.29, 1.82) is 0 Å². The fraction of sp³-hybridized carbons (Fsp3) is 0.204. The van der Waals surface area contributed by atoms with E-state index in [-0.39, 0.29) is 20.1 Å². The van der Waals surface area contributed by atoms with Gasteiger partial charge in [-0.25, -0.2) is 0 Å². The van der Waals surface area contributed by atoms with E-state index < -0.39 is 8.07 Å². The van der Waals surface area contributed by atoms with Crippen LogP contribution in [0.15, 0.2) is 128 Å². The SMILES string of the molecule is COc1cc[c-]c(-c2cc(CC(C)C)c([Si](C)(C)C)cn2)c1.Cc1cc(-c2cccc(-c3cccc4c3sc3c(-c5cc6ccccc6cn5)[c-]cc(C)c34)c2)cc(C)n1.[Ir]. The zero-order valence-corrected chi connectivity index (χ0v) is 40.6. The predicted molar refractivity (Wildman–Crippen MR) is 258 cm³/mol. The van der Waals surface area contributed by atoms with Crippen LogP contribution in [0, 0.1) is 38.8 Å². The molecule has 4 aromatic heterocycles. The molecule has 0 aliphatic heterocycles. The van der Waals surface area contributed by atoms with E-state index >= 15 is 0 Å². The van der Waals surface area contributed by atoms with Crippen molar-refractivity contribution in [3.05, 3.63) is 162 Å². The molecule has 0 saturated heterocycles. The Morgan fingerprint density at radius 1 is 0.705 bits per heavy atom. The van der Waals surface area contributed by atoms with Gasteiger partial charge >= 0.3 is 0 Å². The van der Waals surface area contributed by atoms with Gasteiger partial charge < -0.3 is 14.7 Å². The Hall–Kier alpha value is -5.30. The molecule has 0 amide bonds. The maximum absolute atomic E-state index is 5.31. The summed E-state index contributed by atoms with van der Waals surface area (Å²) in [6, 6.07) is 47.4. The molecule has 309 valence electrons. The van der Waals surface area contributed by atoms with Crippen molar-refractivity contribution >= 4 is 55.5 Å². The van der Waals surface area contributed by atoms with Gasteiger partial charge in [-0.3, -0.25) is 4.98 Å². The summed E-state index contributed by atoms with van der Waals surface area (Å²) < 4.78 is 7.85. The first-order valence-electron chi connectivity index (χ1n) is 20.7. The molecule has 5 aromatic carbocycles. The smallest absolute Gasteiger partial charge is 0.0798 e. The summed E-state index contributed by atoms with van der Waals surface area (Å²) in [4.78, 5) is 14.1. The van der Waals surface area contributed by atoms with Crippen molar-refractivity contribution in [3.8, 4) is 50.5 Å². The van der Waals surface area contributed by atoms with Crippen LogP contribution in [0.25, 0.3) is 75.7 Å². The minimum absolute atomic E-state index is 0. The number of hydrogen-bond acceptors (Lipinski definition) is 5. The van der Waals surface area contributed by atoms with E-state index in [0.29, 0.717) is 5.92 Å². The van der Waals surface area contributed by atoms with Crippen molar-refractivity contribution < 1.29 is 24.8 Å². The molecule has 0 saturated carbocycles. The van der Waals surface area contributed by atoms with Gasteiger partial charge in [0.25, 0.3) is 0 Å². The summed E-state index contributed by atoms with van der Waals surface area (Å²) in [5.74, 6) is 1.48. The van der Waals surface area contributed by atoms with Crippen LogP contribution in [0.1, 0.15) is 36.4 Å². The summed E-state index contributed by atoms with van der Waals surface area (Å²) in [6.45, 7) is 18.0. The van der Waals surface area contributed by atoms with Crippen LogP contribution in [0.5, 0.6) is 5.75 Å². The van der Waals surface area contributed by atoms with Crippen LogP contribution in [-0.4, -0.2) is 30.1 Å². The second kappa shape index (κ2) is 18.4. The van der Waals surface area contributed by atoms with Crippen LogP contribution in [-0.2, 0) is 26.5 Å². The van der Waals surface area contributed by atoms with Gasteiger partial charge in [-0.1, -0.05) is 124 Å². The first-order valence-corrected chi connectivity index (χ1v) is 25.0. The molecule has 0 spiro atoms. The zero-order valence-electron chi connectivity index (χ0n) is 36.4. The van der Waals surface area contributed by atoms with E-state index in [4.69, 9.17) is 14.7 Å². The molecule has 9 aromatic rings. The number of aryl methyl sites for hydroxylation is 3. The third-order valence-corrected chi connectivity index (χ3v) is 14.3. The van der Waals surface area contributed by atoms with E-state index in [1.54, 1.807) is 7.11 Å². The Balaban J connectivity index is 0.000000210. The van der Waals surface area contributed by atoms with Crippen molar-refractivity contribution in [2.24, 2.45) is 5.92 Å². The van der Waals surface area contributed by atoms with Crippen LogP contribution in [0.3, 0.4) is 0 Å². The summed E-state index contributed by atoms with van der Waals surface area (Å²) in [7, 11) is 0.302. The van der Waals surface area contributed by atoms with Gasteiger partial charge in [-0.2, -0.15) is 11.3 Å². The van der Waals surface area contributed by atoms with E-state index in [2.05, 4.69) is 175 Å². The van der Waals surface area contributed by atoms with Gasteiger partial charge in [-0.15, -0.1) is 53.1 Å². The molecule has 0 atom stereocenters. The summed E-state index contributed by atoms with van der Waals surface area (Å²) in [5.41, 5.74) is 13.7. The molecule has 4 heterocycles. The number of thiophene rings is 1. The maximum atomic E-state index is 5.31. The van der Waals surface area contributed by atoms with Crippen molar-refractivity contribution in [1.82, 2.24) is 15.0 Å².